The van der Waals surface area contributed by atoms with Crippen LogP contribution in [0.3, 0.4) is 0 Å². The number of hydrogen-bond donors (Lipinski definition) is 7. The van der Waals surface area contributed by atoms with Gasteiger partial charge >= 0.3 is 5.97 Å². The molecule has 0 aromatic rings. The highest BCUT2D eigenvalue weighted by molar-refractivity contribution is 5.79. The standard InChI is InChI=1S/C32H57N3O14/c1-6-17(3)29(43)34-12-9-11-33-22(37)15-35(13-8-10-20(36)14-34)49-32-28(26(41)23(38)19(5)46-32)48-31-27(42)25(40)24(39)21(47-31)16-45-30(44)18(4)7-2/h17-21,23-28,31-32,36,38-42H,6-16H2,1-5H3,(H,33,37)/t17-,18-,19-,20+,21+,23-,24+,25-,26+,27+,28+,31-,32-/m0/s1. The molecule has 49 heavy (non-hydrogen) atoms. The predicted octanol–water partition coefficient (Wildman–Crippen LogP) is -2.00. The first-order valence-corrected chi connectivity index (χ1v) is 17.4. The molecule has 0 radical (unpaired) electrons. The highest BCUT2D eigenvalue weighted by Gasteiger charge is 2.51. The van der Waals surface area contributed by atoms with Gasteiger partial charge in [-0.1, -0.05) is 27.7 Å². The van der Waals surface area contributed by atoms with Crippen LogP contribution >= 0.6 is 0 Å². The van der Waals surface area contributed by atoms with Crippen LogP contribution in [-0.4, -0.2) is 165 Å². The number of carbonyl (C=O) groups excluding carboxylic acids is 3. The van der Waals surface area contributed by atoms with Crippen LogP contribution in [0.2, 0.25) is 0 Å². The van der Waals surface area contributed by atoms with Crippen molar-refractivity contribution >= 4 is 17.8 Å². The predicted molar refractivity (Wildman–Crippen MR) is 170 cm³/mol. The second-order valence-electron chi connectivity index (χ2n) is 13.3. The van der Waals surface area contributed by atoms with Gasteiger partial charge in [0.2, 0.25) is 18.1 Å². The molecule has 13 atom stereocenters. The fraction of sp³-hybridized carbons (Fsp3) is 0.906. The summed E-state index contributed by atoms with van der Waals surface area (Å²) in [4.78, 5) is 45.7. The lowest BCUT2D eigenvalue weighted by atomic mass is 9.97. The number of esters is 1. The zero-order valence-corrected chi connectivity index (χ0v) is 29.1. The minimum Gasteiger partial charge on any atom is -0.463 e. The Morgan fingerprint density at radius 2 is 1.59 bits per heavy atom. The second-order valence-corrected chi connectivity index (χ2v) is 13.3. The lowest BCUT2D eigenvalue weighted by molar-refractivity contribution is -0.394. The number of aliphatic hydroxyl groups is 6. The lowest BCUT2D eigenvalue weighted by Gasteiger charge is -2.46. The molecule has 0 aromatic carbocycles. The molecule has 2 amide bonds. The summed E-state index contributed by atoms with van der Waals surface area (Å²) in [5.74, 6) is -1.63. The van der Waals surface area contributed by atoms with Crippen molar-refractivity contribution in [2.45, 2.75) is 134 Å². The molecule has 284 valence electrons. The second kappa shape index (κ2) is 19.5. The van der Waals surface area contributed by atoms with Crippen LogP contribution < -0.4 is 5.32 Å². The largest absolute Gasteiger partial charge is 0.463 e. The molecule has 3 fully saturated rings. The van der Waals surface area contributed by atoms with E-state index in [9.17, 15) is 45.0 Å². The normalized spacial score (nSPS) is 37.2. The Labute approximate surface area is 287 Å². The summed E-state index contributed by atoms with van der Waals surface area (Å²) in [6.07, 6.45) is -14.0. The highest BCUT2D eigenvalue weighted by atomic mass is 16.8. The molecule has 3 saturated heterocycles. The van der Waals surface area contributed by atoms with E-state index in [1.807, 2.05) is 13.8 Å². The molecule has 0 aliphatic carbocycles. The first kappa shape index (κ1) is 41.4. The zero-order chi connectivity index (χ0) is 36.4. The number of amides is 2. The van der Waals surface area contributed by atoms with Crippen LogP contribution in [0.15, 0.2) is 0 Å². The molecular weight excluding hydrogens is 650 g/mol. The molecule has 0 spiro atoms. The van der Waals surface area contributed by atoms with E-state index in [2.05, 4.69) is 5.32 Å². The Morgan fingerprint density at radius 1 is 0.898 bits per heavy atom. The summed E-state index contributed by atoms with van der Waals surface area (Å²) in [5, 5.41) is 68.3. The average Bonchev–Trinajstić information content (AvgIpc) is 3.09. The molecule has 0 aromatic heterocycles. The number of rotatable bonds is 10. The summed E-state index contributed by atoms with van der Waals surface area (Å²) in [6, 6.07) is 0. The molecule has 3 aliphatic heterocycles. The van der Waals surface area contributed by atoms with Crippen molar-refractivity contribution in [1.82, 2.24) is 15.3 Å². The van der Waals surface area contributed by atoms with Gasteiger partial charge in [0, 0.05) is 32.1 Å². The molecule has 0 bridgehead atoms. The molecule has 7 N–H and O–H groups in total. The number of aliphatic hydroxyl groups excluding tert-OH is 6. The van der Waals surface area contributed by atoms with Crippen molar-refractivity contribution in [3.05, 3.63) is 0 Å². The van der Waals surface area contributed by atoms with E-state index in [1.54, 1.807) is 18.7 Å². The topological polar surface area (TPSA) is 237 Å². The molecular formula is C32H57N3O14. The van der Waals surface area contributed by atoms with Crippen molar-refractivity contribution in [2.75, 3.05) is 39.3 Å². The van der Waals surface area contributed by atoms with Gasteiger partial charge in [-0.05, 0) is 39.0 Å². The van der Waals surface area contributed by atoms with Gasteiger partial charge in [-0.25, -0.2) is 0 Å². The maximum absolute atomic E-state index is 12.9. The monoisotopic (exact) mass is 707 g/mol. The van der Waals surface area contributed by atoms with E-state index < -0.39 is 91.9 Å². The molecule has 17 nitrogen and oxygen atoms in total. The number of hydrogen-bond acceptors (Lipinski definition) is 15. The van der Waals surface area contributed by atoms with Crippen LogP contribution in [-0.2, 0) is 38.2 Å². The first-order valence-electron chi connectivity index (χ1n) is 17.4. The number of β-amino-alcohol motifs (C(OH)–C–C–N with tert-alkyl or cyclic N) is 1. The van der Waals surface area contributed by atoms with Crippen LogP contribution in [0.4, 0.5) is 0 Å². The van der Waals surface area contributed by atoms with Gasteiger partial charge in [0.15, 0.2) is 6.29 Å². The number of nitrogens with zero attached hydrogens (tertiary/aromatic N) is 2. The van der Waals surface area contributed by atoms with Crippen LogP contribution in [0, 0.1) is 11.8 Å². The maximum Gasteiger partial charge on any atom is 0.308 e. The summed E-state index contributed by atoms with van der Waals surface area (Å²) >= 11 is 0. The van der Waals surface area contributed by atoms with Gasteiger partial charge in [-0.3, -0.25) is 19.2 Å². The fourth-order valence-corrected chi connectivity index (χ4v) is 5.68. The zero-order valence-electron chi connectivity index (χ0n) is 29.1. The van der Waals surface area contributed by atoms with E-state index in [-0.39, 0.29) is 44.4 Å². The minimum atomic E-state index is -1.83. The van der Waals surface area contributed by atoms with Gasteiger partial charge in [0.25, 0.3) is 0 Å². The van der Waals surface area contributed by atoms with E-state index in [4.69, 9.17) is 23.8 Å². The third-order valence-electron chi connectivity index (χ3n) is 9.37. The maximum atomic E-state index is 12.9. The molecule has 3 aliphatic rings. The Morgan fingerprint density at radius 3 is 2.27 bits per heavy atom. The van der Waals surface area contributed by atoms with Crippen molar-refractivity contribution in [3.8, 4) is 0 Å². The van der Waals surface area contributed by atoms with E-state index >= 15 is 0 Å². The van der Waals surface area contributed by atoms with E-state index in [0.717, 1.165) is 0 Å². The highest BCUT2D eigenvalue weighted by Crippen LogP contribution is 2.30. The van der Waals surface area contributed by atoms with E-state index in [0.29, 0.717) is 32.2 Å². The lowest BCUT2D eigenvalue weighted by Crippen LogP contribution is -2.64. The number of hydroxylamine groups is 2. The summed E-state index contributed by atoms with van der Waals surface area (Å²) in [7, 11) is 0. The van der Waals surface area contributed by atoms with Crippen LogP contribution in [0.5, 0.6) is 0 Å². The fourth-order valence-electron chi connectivity index (χ4n) is 5.68. The van der Waals surface area contributed by atoms with Gasteiger partial charge < -0.3 is 59.8 Å². The third-order valence-corrected chi connectivity index (χ3v) is 9.37. The minimum absolute atomic E-state index is 0.0596. The number of nitrogens with one attached hydrogen (secondary N) is 1. The van der Waals surface area contributed by atoms with Gasteiger partial charge in [0.05, 0.1) is 18.1 Å². The average molecular weight is 708 g/mol. The molecule has 3 heterocycles. The van der Waals surface area contributed by atoms with Crippen LogP contribution in [0.25, 0.3) is 0 Å². The van der Waals surface area contributed by atoms with Gasteiger partial charge in [0.1, 0.15) is 55.9 Å². The van der Waals surface area contributed by atoms with Crippen molar-refractivity contribution in [2.24, 2.45) is 11.8 Å². The number of carbonyl (C=O) groups is 3. The summed E-state index contributed by atoms with van der Waals surface area (Å²) < 4.78 is 22.6. The smallest absolute Gasteiger partial charge is 0.308 e. The quantitative estimate of drug-likeness (QED) is 0.122. The van der Waals surface area contributed by atoms with Gasteiger partial charge in [-0.15, -0.1) is 0 Å². The SMILES string of the molecule is CC[C@H](C)C(=O)OC[C@H]1O[C@@H](O[C@H]2[C@H](ON3CCC[C@@H](O)CN(C(=O)[C@@H](C)CC)CCCNC(=O)C3)O[C@@H](C)[C@H](O)[C@H]2O)[C@H](O)[C@@H](O)[C@@H]1O. The molecule has 17 heteroatoms. The van der Waals surface area contributed by atoms with Crippen molar-refractivity contribution < 1.29 is 68.8 Å². The van der Waals surface area contributed by atoms with Gasteiger partial charge in [-0.2, -0.15) is 5.06 Å². The Balaban J connectivity index is 1.74. The Hall–Kier alpha value is -2.03. The summed E-state index contributed by atoms with van der Waals surface area (Å²) in [5.41, 5.74) is 0. The molecule has 3 rings (SSSR count). The summed E-state index contributed by atoms with van der Waals surface area (Å²) in [6.45, 7) is 8.86. The van der Waals surface area contributed by atoms with Crippen molar-refractivity contribution in [1.29, 1.82) is 0 Å². The first-order chi connectivity index (χ1) is 23.2. The third kappa shape index (κ3) is 11.5. The number of ether oxygens (including phenoxy) is 4. The molecule has 0 saturated carbocycles. The Kier molecular flexibility index (Phi) is 16.5. The Bertz CT molecular complexity index is 1060. The van der Waals surface area contributed by atoms with E-state index in [1.165, 1.54) is 12.0 Å². The van der Waals surface area contributed by atoms with Crippen molar-refractivity contribution in [3.63, 3.8) is 0 Å². The van der Waals surface area contributed by atoms with Crippen LogP contribution in [0.1, 0.15) is 66.7 Å². The molecule has 0 unspecified atom stereocenters.